The fourth-order valence-electron chi connectivity index (χ4n) is 5.93. The van der Waals surface area contributed by atoms with E-state index in [9.17, 15) is 34.2 Å². The first-order valence-electron chi connectivity index (χ1n) is 15.9. The Morgan fingerprint density at radius 1 is 1.06 bits per heavy atom. The number of aliphatic hydroxyl groups excluding tert-OH is 2. The van der Waals surface area contributed by atoms with Gasteiger partial charge in [-0.15, -0.1) is 0 Å². The van der Waals surface area contributed by atoms with Gasteiger partial charge in [0.15, 0.2) is 17.6 Å². The van der Waals surface area contributed by atoms with Gasteiger partial charge in [0.05, 0.1) is 36.7 Å². The van der Waals surface area contributed by atoms with Crippen LogP contribution in [-0.2, 0) is 42.9 Å². The van der Waals surface area contributed by atoms with Crippen LogP contribution < -0.4 is 11.1 Å². The topological polar surface area (TPSA) is 210 Å². The summed E-state index contributed by atoms with van der Waals surface area (Å²) in [6.45, 7) is 8.10. The average molecular weight is 691 g/mol. The summed E-state index contributed by atoms with van der Waals surface area (Å²) in [5, 5.41) is 23.7. The van der Waals surface area contributed by atoms with Gasteiger partial charge in [-0.2, -0.15) is 0 Å². The molecule has 1 aliphatic carbocycles. The molecule has 1 aliphatic heterocycles. The largest absolute Gasteiger partial charge is 0.492 e. The van der Waals surface area contributed by atoms with Gasteiger partial charge in [0.25, 0.3) is 5.91 Å². The first-order valence-corrected chi connectivity index (χ1v) is 15.9. The normalized spacial score (nSPS) is 27.6. The summed E-state index contributed by atoms with van der Waals surface area (Å²) in [5.74, 6) is -4.26. The van der Waals surface area contributed by atoms with Crippen LogP contribution in [0.15, 0.2) is 58.1 Å². The minimum absolute atomic E-state index is 0.0168. The molecule has 2 rings (SSSR count). The Bertz CT molecular complexity index is 1420. The van der Waals surface area contributed by atoms with E-state index in [4.69, 9.17) is 29.4 Å². The zero-order valence-electron chi connectivity index (χ0n) is 29.6. The third kappa shape index (κ3) is 10.5. The van der Waals surface area contributed by atoms with Gasteiger partial charge in [0.2, 0.25) is 11.6 Å². The van der Waals surface area contributed by atoms with Crippen molar-refractivity contribution in [3.05, 3.63) is 58.1 Å². The lowest BCUT2D eigenvalue weighted by molar-refractivity contribution is -0.131. The monoisotopic (exact) mass is 690 g/mol. The van der Waals surface area contributed by atoms with Crippen LogP contribution in [0.5, 0.6) is 0 Å². The minimum atomic E-state index is -1.61. The first-order chi connectivity index (χ1) is 23.0. The molecule has 2 aliphatic rings. The number of Topliss-reactive ketones (excluding diaryl/α,β-unsaturated/α-hetero) is 3. The van der Waals surface area contributed by atoms with Crippen molar-refractivity contribution in [2.75, 3.05) is 28.4 Å². The van der Waals surface area contributed by atoms with Gasteiger partial charge in [-0.1, -0.05) is 38.2 Å². The van der Waals surface area contributed by atoms with Crippen LogP contribution in [0, 0.1) is 11.8 Å². The third-order valence-corrected chi connectivity index (χ3v) is 8.43. The summed E-state index contributed by atoms with van der Waals surface area (Å²) in [4.78, 5) is 66.7. The van der Waals surface area contributed by atoms with Gasteiger partial charge in [-0.05, 0) is 45.1 Å². The third-order valence-electron chi connectivity index (χ3n) is 8.43. The number of amides is 2. The van der Waals surface area contributed by atoms with Crippen molar-refractivity contribution in [3.63, 3.8) is 0 Å². The van der Waals surface area contributed by atoms with Gasteiger partial charge in [0.1, 0.15) is 12.2 Å². The summed E-state index contributed by atoms with van der Waals surface area (Å²) in [6, 6.07) is 0. The molecule has 0 aromatic carbocycles. The van der Waals surface area contributed by atoms with Crippen molar-refractivity contribution in [3.8, 4) is 0 Å². The molecule has 272 valence electrons. The smallest absolute Gasteiger partial charge is 0.405 e. The minimum Gasteiger partial charge on any atom is -0.492 e. The molecule has 0 radical (unpaired) electrons. The second kappa shape index (κ2) is 18.7. The van der Waals surface area contributed by atoms with Crippen LogP contribution in [-0.4, -0.2) is 105 Å². The predicted octanol–water partition coefficient (Wildman–Crippen LogP) is 2.13. The van der Waals surface area contributed by atoms with Crippen molar-refractivity contribution < 1.29 is 57.9 Å². The molecule has 8 atom stereocenters. The number of carbonyl (C=O) groups excluding carboxylic acids is 5. The summed E-state index contributed by atoms with van der Waals surface area (Å²) in [7, 11) is 5.21. The number of carbonyl (C=O) groups is 5. The molecular weight excluding hydrogens is 640 g/mol. The number of ketones is 3. The predicted molar refractivity (Wildman–Crippen MR) is 178 cm³/mol. The van der Waals surface area contributed by atoms with Crippen LogP contribution in [0.25, 0.3) is 0 Å². The van der Waals surface area contributed by atoms with E-state index < -0.39 is 83.2 Å². The van der Waals surface area contributed by atoms with Crippen molar-refractivity contribution >= 4 is 29.4 Å². The number of primary amides is 1. The van der Waals surface area contributed by atoms with Crippen LogP contribution in [0.4, 0.5) is 4.79 Å². The maximum atomic E-state index is 14.2. The van der Waals surface area contributed by atoms with E-state index in [1.807, 2.05) is 0 Å². The molecule has 1 heterocycles. The summed E-state index contributed by atoms with van der Waals surface area (Å²) in [5.41, 5.74) is 5.06. The molecule has 0 spiro atoms. The molecule has 0 saturated heterocycles. The highest BCUT2D eigenvalue weighted by molar-refractivity contribution is 6.27. The highest BCUT2D eigenvalue weighted by atomic mass is 16.6. The van der Waals surface area contributed by atoms with Crippen LogP contribution in [0.1, 0.15) is 53.9 Å². The fraction of sp³-hybridized carbons (Fsp3) is 0.571. The number of nitrogens with one attached hydrogen (secondary N) is 1. The molecule has 2 bridgehead atoms. The van der Waals surface area contributed by atoms with E-state index in [2.05, 4.69) is 5.32 Å². The molecule has 0 aromatic rings. The van der Waals surface area contributed by atoms with Gasteiger partial charge in [-0.25, -0.2) is 4.79 Å². The summed E-state index contributed by atoms with van der Waals surface area (Å²) >= 11 is 0. The van der Waals surface area contributed by atoms with Crippen molar-refractivity contribution in [2.45, 2.75) is 90.5 Å². The molecule has 0 aromatic heterocycles. The summed E-state index contributed by atoms with van der Waals surface area (Å²) in [6.07, 6.45) is -1.41. The molecule has 0 fully saturated rings. The second-order valence-electron chi connectivity index (χ2n) is 12.4. The molecule has 2 amide bonds. The van der Waals surface area contributed by atoms with Gasteiger partial charge < -0.3 is 44.9 Å². The van der Waals surface area contributed by atoms with E-state index in [1.54, 1.807) is 26.8 Å². The Labute approximate surface area is 287 Å². The molecule has 49 heavy (non-hydrogen) atoms. The number of fused-ring (bicyclic) bond motifs is 2. The summed E-state index contributed by atoms with van der Waals surface area (Å²) < 4.78 is 27.4. The Morgan fingerprint density at radius 2 is 1.71 bits per heavy atom. The Morgan fingerprint density at radius 3 is 2.24 bits per heavy atom. The average Bonchev–Trinajstić information content (AvgIpc) is 3.03. The Kier molecular flexibility index (Phi) is 15.7. The van der Waals surface area contributed by atoms with Crippen molar-refractivity contribution in [1.29, 1.82) is 0 Å². The van der Waals surface area contributed by atoms with Gasteiger partial charge in [-0.3, -0.25) is 19.2 Å². The second-order valence-corrected chi connectivity index (χ2v) is 12.4. The maximum Gasteiger partial charge on any atom is 0.405 e. The molecule has 0 saturated carbocycles. The van der Waals surface area contributed by atoms with Gasteiger partial charge >= 0.3 is 6.09 Å². The molecular formula is C35H50N2O12. The number of aliphatic hydroxyl groups is 2. The van der Waals surface area contributed by atoms with Crippen LogP contribution in [0.2, 0.25) is 0 Å². The molecule has 14 nitrogen and oxygen atoms in total. The quantitative estimate of drug-likeness (QED) is 0.203. The zero-order valence-corrected chi connectivity index (χ0v) is 29.6. The number of nitrogens with two attached hydrogens (primary N) is 1. The highest BCUT2D eigenvalue weighted by Gasteiger charge is 2.43. The first kappa shape index (κ1) is 41.2. The molecule has 5 N–H and O–H groups in total. The standard InChI is InChI=1S/C35H50N2O12/c1-17-13-22-29(41)27(26(30(42)32(22)47-8)33(48-9)23(39)16-21(5)38)37-34(43)18(2)11-10-12-24(45-6)31(49-35(36)44)20(4)15-19(3)28(40)25(14-17)46-7/h10-12,15,17,19,21,24-25,28,31,33,38,40H,13-14,16H2,1-9H3,(H2,36,44)(H,37,43)/t17-,19+,21-,24-,25+,28-,31+,33-/m1/s1. The van der Waals surface area contributed by atoms with Crippen LogP contribution in [0.3, 0.4) is 0 Å². The van der Waals surface area contributed by atoms with E-state index in [1.165, 1.54) is 60.5 Å². The zero-order chi connectivity index (χ0) is 37.2. The highest BCUT2D eigenvalue weighted by Crippen LogP contribution is 2.33. The Balaban J connectivity index is 2.83. The maximum absolute atomic E-state index is 14.2. The molecule has 14 heteroatoms. The Hall–Kier alpha value is -3.95. The van der Waals surface area contributed by atoms with Crippen LogP contribution >= 0.6 is 0 Å². The number of allylic oxidation sites excluding steroid dienone is 4. The van der Waals surface area contributed by atoms with E-state index >= 15 is 0 Å². The number of hydrogen-bond acceptors (Lipinski definition) is 12. The van der Waals surface area contributed by atoms with Gasteiger partial charge in [0, 0.05) is 44.8 Å². The number of ether oxygens (including phenoxy) is 5. The molecule has 0 unspecified atom stereocenters. The van der Waals surface area contributed by atoms with Crippen molar-refractivity contribution in [1.82, 2.24) is 5.32 Å². The lowest BCUT2D eigenvalue weighted by Crippen LogP contribution is -2.42. The fourth-order valence-corrected chi connectivity index (χ4v) is 5.93. The number of methoxy groups -OCH3 is 4. The lowest BCUT2D eigenvalue weighted by Gasteiger charge is -2.30. The lowest BCUT2D eigenvalue weighted by atomic mass is 9.82. The van der Waals surface area contributed by atoms with E-state index in [0.29, 0.717) is 5.57 Å². The number of rotatable bonds is 9. The SMILES string of the molecule is COC1=C2C[C@@H](C)C[C@H](OC)[C@H](O)[C@@H](C)C=C(C)[C@H](OC(N)=O)[C@H](OC)C=CC=C(C)C(=O)NC(=C([C@H](OC)C(=O)C[C@@H](C)O)C1=O)C2=O. The number of hydrogen-bond donors (Lipinski definition) is 4. The van der Waals surface area contributed by atoms with Crippen molar-refractivity contribution in [2.24, 2.45) is 17.6 Å². The van der Waals surface area contributed by atoms with E-state index in [0.717, 1.165) is 0 Å². The van der Waals surface area contributed by atoms with E-state index in [-0.39, 0.29) is 42.1 Å².